The molecule has 116 valence electrons. The Morgan fingerprint density at radius 3 is 3.09 bits per heavy atom. The van der Waals surface area contributed by atoms with Crippen molar-refractivity contribution in [3.8, 4) is 0 Å². The number of nitrogens with zero attached hydrogens (tertiary/aromatic N) is 5. The average Bonchev–Trinajstić information content (AvgIpc) is 3.04. The van der Waals surface area contributed by atoms with Gasteiger partial charge in [0.15, 0.2) is 0 Å². The van der Waals surface area contributed by atoms with E-state index in [9.17, 15) is 14.7 Å². The first-order valence-electron chi connectivity index (χ1n) is 6.59. The number of aromatic nitrogens is 4. The molecule has 11 heteroatoms. The third-order valence-electron chi connectivity index (χ3n) is 4.05. The molecule has 3 atom stereocenters. The number of carboxylic acid groups (broad SMARTS) is 1. The number of hydrogen-bond acceptors (Lipinski definition) is 8. The number of aryl methyl sites for hydroxylation is 1. The number of amides is 1. The van der Waals surface area contributed by atoms with Crippen molar-refractivity contribution in [2.24, 2.45) is 7.05 Å². The van der Waals surface area contributed by atoms with Crippen LogP contribution in [0.1, 0.15) is 0 Å². The maximum Gasteiger partial charge on any atom is 0.352 e. The first kappa shape index (κ1) is 13.7. The van der Waals surface area contributed by atoms with Crippen LogP contribution in [0.3, 0.4) is 0 Å². The van der Waals surface area contributed by atoms with Crippen molar-refractivity contribution < 1.29 is 19.4 Å². The fourth-order valence-corrected chi connectivity index (χ4v) is 3.99. The molecule has 1 unspecified atom stereocenters. The molecule has 22 heavy (non-hydrogen) atoms. The molecule has 0 saturated carbocycles. The van der Waals surface area contributed by atoms with Crippen molar-refractivity contribution in [2.75, 3.05) is 12.5 Å². The molecule has 2 fully saturated rings. The van der Waals surface area contributed by atoms with Crippen molar-refractivity contribution in [1.29, 1.82) is 0 Å². The number of carboxylic acids is 1. The Hall–Kier alpha value is -1.98. The van der Waals surface area contributed by atoms with Crippen molar-refractivity contribution in [3.05, 3.63) is 11.3 Å². The highest BCUT2D eigenvalue weighted by Gasteiger charge is 2.61. The highest BCUT2D eigenvalue weighted by atomic mass is 32.2. The zero-order chi connectivity index (χ0) is 15.4. The molecule has 1 aromatic heterocycles. The van der Waals surface area contributed by atoms with Gasteiger partial charge < -0.3 is 9.84 Å². The SMILES string of the molecule is Cn1nnnc1SCC1=C(C(=O)O)N2C(=O)[C@H]3NCOC1[C@H]32. The fraction of sp³-hybridized carbons (Fsp3) is 0.545. The predicted molar refractivity (Wildman–Crippen MR) is 71.5 cm³/mol. The monoisotopic (exact) mass is 324 g/mol. The lowest BCUT2D eigenvalue weighted by atomic mass is 9.91. The largest absolute Gasteiger partial charge is 0.477 e. The summed E-state index contributed by atoms with van der Waals surface area (Å²) in [5.74, 6) is -0.972. The molecular formula is C11H12N6O4S. The van der Waals surface area contributed by atoms with Crippen molar-refractivity contribution in [3.63, 3.8) is 0 Å². The van der Waals surface area contributed by atoms with E-state index in [1.807, 2.05) is 0 Å². The van der Waals surface area contributed by atoms with E-state index in [2.05, 4.69) is 20.8 Å². The van der Waals surface area contributed by atoms with E-state index in [1.165, 1.54) is 21.3 Å². The quantitative estimate of drug-likeness (QED) is 0.487. The van der Waals surface area contributed by atoms with Gasteiger partial charge in [0, 0.05) is 18.4 Å². The molecule has 1 aromatic rings. The normalized spacial score (nSPS) is 29.6. The van der Waals surface area contributed by atoms with Crippen LogP contribution in [0, 0.1) is 0 Å². The standard InChI is InChI=1S/C11H12N6O4S/c1-16-11(13-14-15-16)22-2-4-6(10(19)20)17-7-5(9(17)18)12-3-21-8(4)7/h5,7-8,12H,2-3H2,1H3,(H,19,20)/t5-,7-,8?/m0/s1. The third kappa shape index (κ3) is 1.72. The molecule has 0 spiro atoms. The van der Waals surface area contributed by atoms with Gasteiger partial charge in [0.25, 0.3) is 0 Å². The zero-order valence-electron chi connectivity index (χ0n) is 11.5. The van der Waals surface area contributed by atoms with Gasteiger partial charge in [-0.15, -0.1) is 5.10 Å². The van der Waals surface area contributed by atoms with Crippen LogP contribution >= 0.6 is 11.8 Å². The van der Waals surface area contributed by atoms with E-state index in [1.54, 1.807) is 7.05 Å². The topological polar surface area (TPSA) is 122 Å². The smallest absolute Gasteiger partial charge is 0.352 e. The molecule has 0 bridgehead atoms. The lowest BCUT2D eigenvalue weighted by Crippen LogP contribution is -2.73. The molecule has 1 amide bonds. The average molecular weight is 324 g/mol. The lowest BCUT2D eigenvalue weighted by molar-refractivity contribution is -0.163. The van der Waals surface area contributed by atoms with Crippen LogP contribution in [0.15, 0.2) is 16.4 Å². The van der Waals surface area contributed by atoms with Gasteiger partial charge in [0.05, 0.1) is 12.8 Å². The minimum Gasteiger partial charge on any atom is -0.477 e. The second-order valence-electron chi connectivity index (χ2n) is 5.16. The Bertz CT molecular complexity index is 703. The molecule has 0 radical (unpaired) electrons. The van der Waals surface area contributed by atoms with E-state index >= 15 is 0 Å². The summed E-state index contributed by atoms with van der Waals surface area (Å²) in [6.07, 6.45) is -0.385. The molecule has 4 heterocycles. The molecule has 2 saturated heterocycles. The summed E-state index contributed by atoms with van der Waals surface area (Å²) >= 11 is 1.32. The number of rotatable bonds is 4. The van der Waals surface area contributed by atoms with E-state index in [0.717, 1.165) is 0 Å². The van der Waals surface area contributed by atoms with Gasteiger partial charge >= 0.3 is 5.97 Å². The number of carbonyl (C=O) groups is 2. The summed E-state index contributed by atoms with van der Waals surface area (Å²) in [6, 6.07) is -0.618. The lowest BCUT2D eigenvalue weighted by Gasteiger charge is -2.48. The molecule has 0 aliphatic carbocycles. The second-order valence-corrected chi connectivity index (χ2v) is 6.11. The maximum absolute atomic E-state index is 12.1. The van der Waals surface area contributed by atoms with Crippen LogP contribution in [0.25, 0.3) is 0 Å². The van der Waals surface area contributed by atoms with Crippen LogP contribution in [0.4, 0.5) is 0 Å². The number of carbonyl (C=O) groups excluding carboxylic acids is 1. The summed E-state index contributed by atoms with van der Waals surface area (Å²) in [6.45, 7) is 0.234. The highest BCUT2D eigenvalue weighted by Crippen LogP contribution is 2.43. The summed E-state index contributed by atoms with van der Waals surface area (Å²) in [7, 11) is 1.71. The molecule has 3 aliphatic rings. The molecule has 2 N–H and O–H groups in total. The van der Waals surface area contributed by atoms with Crippen LogP contribution in [-0.4, -0.2) is 72.8 Å². The summed E-state index contributed by atoms with van der Waals surface area (Å²) in [4.78, 5) is 25.0. The number of thioether (sulfide) groups is 1. The number of β-lactam (4-membered cyclic amide) rings is 1. The van der Waals surface area contributed by atoms with Crippen LogP contribution in [0.2, 0.25) is 0 Å². The van der Waals surface area contributed by atoms with Crippen molar-refractivity contribution >= 4 is 23.6 Å². The Balaban J connectivity index is 1.65. The van der Waals surface area contributed by atoms with E-state index in [0.29, 0.717) is 16.5 Å². The van der Waals surface area contributed by atoms with Crippen LogP contribution in [0.5, 0.6) is 0 Å². The Kier molecular flexibility index (Phi) is 2.96. The highest BCUT2D eigenvalue weighted by molar-refractivity contribution is 7.99. The van der Waals surface area contributed by atoms with E-state index < -0.39 is 5.97 Å². The van der Waals surface area contributed by atoms with Crippen molar-refractivity contribution in [2.45, 2.75) is 23.3 Å². The first-order valence-corrected chi connectivity index (χ1v) is 7.57. The van der Waals surface area contributed by atoms with Gasteiger partial charge in [-0.3, -0.25) is 15.0 Å². The minimum atomic E-state index is -1.11. The number of hydrogen-bond donors (Lipinski definition) is 2. The number of nitrogens with one attached hydrogen (secondary N) is 1. The summed E-state index contributed by atoms with van der Waals surface area (Å²) < 4.78 is 7.15. The number of ether oxygens (including phenoxy) is 1. The Morgan fingerprint density at radius 1 is 1.59 bits per heavy atom. The van der Waals surface area contributed by atoms with Gasteiger partial charge in [-0.1, -0.05) is 11.8 Å². The zero-order valence-corrected chi connectivity index (χ0v) is 12.3. The summed E-state index contributed by atoms with van der Waals surface area (Å²) in [5.41, 5.74) is 0.630. The van der Waals surface area contributed by atoms with Gasteiger partial charge in [0.1, 0.15) is 17.8 Å². The number of tetrazole rings is 1. The predicted octanol–water partition coefficient (Wildman–Crippen LogP) is -1.82. The van der Waals surface area contributed by atoms with Gasteiger partial charge in [0.2, 0.25) is 11.1 Å². The van der Waals surface area contributed by atoms with Crippen molar-refractivity contribution in [1.82, 2.24) is 30.4 Å². The minimum absolute atomic E-state index is 0.0302. The van der Waals surface area contributed by atoms with Gasteiger partial charge in [-0.25, -0.2) is 9.48 Å². The fourth-order valence-electron chi connectivity index (χ4n) is 3.09. The maximum atomic E-state index is 12.1. The van der Waals surface area contributed by atoms with E-state index in [4.69, 9.17) is 4.74 Å². The molecule has 10 nitrogen and oxygen atoms in total. The van der Waals surface area contributed by atoms with E-state index in [-0.39, 0.29) is 36.5 Å². The Labute approximate surface area is 128 Å². The molecule has 3 aliphatic heterocycles. The summed E-state index contributed by atoms with van der Waals surface area (Å²) in [5, 5.41) is 24.1. The van der Waals surface area contributed by atoms with Crippen LogP contribution in [-0.2, 0) is 21.4 Å². The van der Waals surface area contributed by atoms with Crippen LogP contribution < -0.4 is 5.32 Å². The second kappa shape index (κ2) is 4.76. The first-order chi connectivity index (χ1) is 10.6. The molecule has 0 aromatic carbocycles. The third-order valence-corrected chi connectivity index (χ3v) is 5.11. The number of aliphatic carboxylic acids is 1. The van der Waals surface area contributed by atoms with Gasteiger partial charge in [-0.2, -0.15) is 0 Å². The molecular weight excluding hydrogens is 312 g/mol. The molecule has 4 rings (SSSR count). The Morgan fingerprint density at radius 2 is 2.41 bits per heavy atom. The van der Waals surface area contributed by atoms with Gasteiger partial charge in [-0.05, 0) is 10.4 Å².